The summed E-state index contributed by atoms with van der Waals surface area (Å²) in [6.45, 7) is 0. The number of rotatable bonds is 1. The van der Waals surface area contributed by atoms with Gasteiger partial charge in [0.1, 0.15) is 11.8 Å². The summed E-state index contributed by atoms with van der Waals surface area (Å²) in [5, 5.41) is 21.2. The van der Waals surface area contributed by atoms with E-state index in [2.05, 4.69) is 6.07 Å². The van der Waals surface area contributed by atoms with Crippen LogP contribution in [0.2, 0.25) is 0 Å². The maximum Gasteiger partial charge on any atom is 0.139 e. The molecular formula is C10H7NOS2. The fraction of sp³-hybridized carbons (Fsp3) is 0.100. The predicted octanol–water partition coefficient (Wildman–Crippen LogP) is 3.20. The second-order valence-corrected chi connectivity index (χ2v) is 4.51. The minimum Gasteiger partial charge on any atom is -0.506 e. The highest BCUT2D eigenvalue weighted by molar-refractivity contribution is 7.98. The van der Waals surface area contributed by atoms with Gasteiger partial charge in [-0.2, -0.15) is 5.26 Å². The van der Waals surface area contributed by atoms with Crippen LogP contribution >= 0.6 is 23.1 Å². The molecule has 0 bridgehead atoms. The van der Waals surface area contributed by atoms with E-state index in [1.807, 2.05) is 18.4 Å². The molecule has 2 nitrogen and oxygen atoms in total. The molecule has 2 rings (SSSR count). The Morgan fingerprint density at radius 3 is 2.93 bits per heavy atom. The number of nitriles is 1. The molecular weight excluding hydrogens is 214 g/mol. The fourth-order valence-corrected chi connectivity index (χ4v) is 2.73. The number of thiophene rings is 1. The van der Waals surface area contributed by atoms with Crippen LogP contribution in [-0.4, -0.2) is 11.4 Å². The summed E-state index contributed by atoms with van der Waals surface area (Å²) in [4.78, 5) is 0.812. The van der Waals surface area contributed by atoms with Crippen LogP contribution in [0.25, 0.3) is 10.1 Å². The lowest BCUT2D eigenvalue weighted by atomic mass is 10.2. The lowest BCUT2D eigenvalue weighted by Gasteiger charge is -2.01. The van der Waals surface area contributed by atoms with Crippen LogP contribution in [0.4, 0.5) is 0 Å². The number of aromatic hydroxyl groups is 1. The standard InChI is InChI=1S/C10H7NOS2/c1-13-8-3-2-7-9(10(8)12)6(4-11)5-14-7/h2-3,5,12H,1H3. The van der Waals surface area contributed by atoms with Gasteiger partial charge in [-0.25, -0.2) is 0 Å². The van der Waals surface area contributed by atoms with Gasteiger partial charge in [0.15, 0.2) is 0 Å². The third-order valence-electron chi connectivity index (χ3n) is 2.02. The number of phenols is 1. The Balaban J connectivity index is 2.85. The van der Waals surface area contributed by atoms with E-state index in [4.69, 9.17) is 5.26 Å². The van der Waals surface area contributed by atoms with Crippen molar-refractivity contribution in [3.63, 3.8) is 0 Å². The molecule has 0 fully saturated rings. The fourth-order valence-electron chi connectivity index (χ4n) is 1.34. The average Bonchev–Trinajstić information content (AvgIpc) is 2.62. The molecule has 0 aliphatic heterocycles. The van der Waals surface area contributed by atoms with Crippen LogP contribution in [0.5, 0.6) is 5.75 Å². The lowest BCUT2D eigenvalue weighted by molar-refractivity contribution is 0.469. The largest absolute Gasteiger partial charge is 0.506 e. The molecule has 1 aromatic heterocycles. The van der Waals surface area contributed by atoms with Gasteiger partial charge in [0, 0.05) is 15.0 Å². The van der Waals surface area contributed by atoms with Crippen molar-refractivity contribution in [3.05, 3.63) is 23.1 Å². The van der Waals surface area contributed by atoms with E-state index >= 15 is 0 Å². The Bertz CT molecular complexity index is 525. The highest BCUT2D eigenvalue weighted by Gasteiger charge is 2.11. The summed E-state index contributed by atoms with van der Waals surface area (Å²) in [6, 6.07) is 5.90. The van der Waals surface area contributed by atoms with Crippen molar-refractivity contribution in [3.8, 4) is 11.8 Å². The number of fused-ring (bicyclic) bond motifs is 1. The molecule has 1 aromatic carbocycles. The Labute approximate surface area is 89.8 Å². The molecule has 4 heteroatoms. The summed E-state index contributed by atoms with van der Waals surface area (Å²) in [7, 11) is 0. The zero-order valence-electron chi connectivity index (χ0n) is 7.44. The van der Waals surface area contributed by atoms with Gasteiger partial charge in [-0.05, 0) is 18.4 Å². The number of phenolic OH excluding ortho intramolecular Hbond substituents is 1. The molecule has 0 saturated heterocycles. The highest BCUT2D eigenvalue weighted by Crippen LogP contribution is 2.38. The average molecular weight is 221 g/mol. The first-order valence-corrected chi connectivity index (χ1v) is 6.05. The molecule has 70 valence electrons. The van der Waals surface area contributed by atoms with E-state index in [-0.39, 0.29) is 5.75 Å². The molecule has 2 aromatic rings. The van der Waals surface area contributed by atoms with Crippen molar-refractivity contribution in [2.45, 2.75) is 4.90 Å². The van der Waals surface area contributed by atoms with Gasteiger partial charge in [-0.1, -0.05) is 0 Å². The Morgan fingerprint density at radius 1 is 1.50 bits per heavy atom. The molecule has 0 aliphatic rings. The van der Waals surface area contributed by atoms with Crippen LogP contribution < -0.4 is 0 Å². The number of nitrogens with zero attached hydrogens (tertiary/aromatic N) is 1. The third-order valence-corrected chi connectivity index (χ3v) is 3.73. The van der Waals surface area contributed by atoms with Crippen molar-refractivity contribution in [1.29, 1.82) is 5.26 Å². The second kappa shape index (κ2) is 3.52. The first-order chi connectivity index (χ1) is 6.77. The molecule has 14 heavy (non-hydrogen) atoms. The summed E-state index contributed by atoms with van der Waals surface area (Å²) < 4.78 is 0.955. The highest BCUT2D eigenvalue weighted by atomic mass is 32.2. The van der Waals surface area contributed by atoms with Crippen LogP contribution in [0.1, 0.15) is 5.56 Å². The van der Waals surface area contributed by atoms with Gasteiger partial charge < -0.3 is 5.11 Å². The quantitative estimate of drug-likeness (QED) is 0.752. The van der Waals surface area contributed by atoms with Gasteiger partial charge in [-0.15, -0.1) is 23.1 Å². The van der Waals surface area contributed by atoms with E-state index in [0.29, 0.717) is 10.9 Å². The van der Waals surface area contributed by atoms with E-state index in [1.165, 1.54) is 23.1 Å². The zero-order valence-corrected chi connectivity index (χ0v) is 9.08. The number of thioether (sulfide) groups is 1. The van der Waals surface area contributed by atoms with Gasteiger partial charge >= 0.3 is 0 Å². The van der Waals surface area contributed by atoms with E-state index in [9.17, 15) is 5.11 Å². The van der Waals surface area contributed by atoms with Crippen LogP contribution in [0.15, 0.2) is 22.4 Å². The zero-order chi connectivity index (χ0) is 10.1. The predicted molar refractivity (Wildman–Crippen MR) is 60.0 cm³/mol. The number of hydrogen-bond acceptors (Lipinski definition) is 4. The van der Waals surface area contributed by atoms with Crippen LogP contribution in [0, 0.1) is 11.3 Å². The molecule has 0 unspecified atom stereocenters. The number of benzene rings is 1. The summed E-state index contributed by atoms with van der Waals surface area (Å²) >= 11 is 2.96. The van der Waals surface area contributed by atoms with Crippen molar-refractivity contribution < 1.29 is 5.11 Å². The van der Waals surface area contributed by atoms with E-state index in [1.54, 1.807) is 5.38 Å². The minimum absolute atomic E-state index is 0.229. The summed E-state index contributed by atoms with van der Waals surface area (Å²) in [5.41, 5.74) is 0.554. The van der Waals surface area contributed by atoms with Gasteiger partial charge in [0.2, 0.25) is 0 Å². The van der Waals surface area contributed by atoms with Crippen molar-refractivity contribution in [2.24, 2.45) is 0 Å². The lowest BCUT2D eigenvalue weighted by Crippen LogP contribution is -1.76. The molecule has 0 amide bonds. The molecule has 1 heterocycles. The third kappa shape index (κ3) is 1.26. The first kappa shape index (κ1) is 9.38. The van der Waals surface area contributed by atoms with Gasteiger partial charge in [0.05, 0.1) is 10.9 Å². The monoisotopic (exact) mass is 221 g/mol. The van der Waals surface area contributed by atoms with Crippen LogP contribution in [-0.2, 0) is 0 Å². The van der Waals surface area contributed by atoms with Crippen molar-refractivity contribution >= 4 is 33.2 Å². The first-order valence-electron chi connectivity index (χ1n) is 3.95. The summed E-state index contributed by atoms with van der Waals surface area (Å²) in [5.74, 6) is 0.229. The van der Waals surface area contributed by atoms with Crippen molar-refractivity contribution in [1.82, 2.24) is 0 Å². The second-order valence-electron chi connectivity index (χ2n) is 2.75. The number of hydrogen-bond donors (Lipinski definition) is 1. The van der Waals surface area contributed by atoms with E-state index < -0.39 is 0 Å². The smallest absolute Gasteiger partial charge is 0.139 e. The van der Waals surface area contributed by atoms with Gasteiger partial charge in [-0.3, -0.25) is 0 Å². The minimum atomic E-state index is 0.229. The molecule has 0 spiro atoms. The molecule has 0 atom stereocenters. The maximum absolute atomic E-state index is 9.89. The Hall–Kier alpha value is -1.18. The SMILES string of the molecule is CSc1ccc2scc(C#N)c2c1O. The summed E-state index contributed by atoms with van der Waals surface area (Å²) in [6.07, 6.45) is 1.90. The van der Waals surface area contributed by atoms with Crippen LogP contribution in [0.3, 0.4) is 0 Å². The normalized spacial score (nSPS) is 10.3. The van der Waals surface area contributed by atoms with Gasteiger partial charge in [0.25, 0.3) is 0 Å². The maximum atomic E-state index is 9.89. The molecule has 0 aliphatic carbocycles. The molecule has 0 saturated carbocycles. The molecule has 0 radical (unpaired) electrons. The Kier molecular flexibility index (Phi) is 2.36. The van der Waals surface area contributed by atoms with Crippen molar-refractivity contribution in [2.75, 3.05) is 6.26 Å². The topological polar surface area (TPSA) is 44.0 Å². The Morgan fingerprint density at radius 2 is 2.29 bits per heavy atom. The van der Waals surface area contributed by atoms with E-state index in [0.717, 1.165) is 9.60 Å². The molecule has 1 N–H and O–H groups in total.